The Labute approximate surface area is 242 Å². The van der Waals surface area contributed by atoms with Crippen molar-refractivity contribution >= 4 is 32.3 Å². The van der Waals surface area contributed by atoms with Crippen LogP contribution in [-0.2, 0) is 14.6 Å². The lowest BCUT2D eigenvalue weighted by molar-refractivity contribution is 0.0343. The number of ether oxygens (including phenoxy) is 1. The van der Waals surface area contributed by atoms with E-state index in [-0.39, 0.29) is 23.1 Å². The molecular weight excluding hydrogens is 564 g/mol. The third kappa shape index (κ3) is 5.68. The van der Waals surface area contributed by atoms with Gasteiger partial charge in [0.2, 0.25) is 9.84 Å². The van der Waals surface area contributed by atoms with E-state index >= 15 is 0 Å². The van der Waals surface area contributed by atoms with E-state index in [1.165, 1.54) is 12.1 Å². The lowest BCUT2D eigenvalue weighted by Gasteiger charge is -2.28. The molecule has 4 aromatic rings. The number of carbonyl (C=O) groups excluding carboxylic acids is 1. The maximum atomic E-state index is 13.7. The van der Waals surface area contributed by atoms with E-state index in [4.69, 9.17) is 4.74 Å². The molecule has 1 aromatic heterocycles. The molecule has 3 heterocycles. The molecule has 2 N–H and O–H groups in total. The lowest BCUT2D eigenvalue weighted by atomic mass is 10.1. The highest BCUT2D eigenvalue weighted by molar-refractivity contribution is 7.91. The molecule has 3 aromatic carbocycles. The Morgan fingerprint density at radius 3 is 2.57 bits per heavy atom. The maximum absolute atomic E-state index is 13.7. The summed E-state index contributed by atoms with van der Waals surface area (Å²) < 4.78 is 59.3. The van der Waals surface area contributed by atoms with Gasteiger partial charge in [-0.15, -0.1) is 0 Å². The molecule has 2 aliphatic heterocycles. The highest BCUT2D eigenvalue weighted by Crippen LogP contribution is 2.28. The highest BCUT2D eigenvalue weighted by Gasteiger charge is 2.28. The van der Waals surface area contributed by atoms with Crippen molar-refractivity contribution in [2.75, 3.05) is 30.0 Å². The fraction of sp³-hybridized carbons (Fsp3) is 0.333. The molecule has 42 heavy (non-hydrogen) atoms. The predicted molar refractivity (Wildman–Crippen MR) is 154 cm³/mol. The van der Waals surface area contributed by atoms with Gasteiger partial charge in [0.1, 0.15) is 17.9 Å². The molecule has 6 rings (SSSR count). The van der Waals surface area contributed by atoms with E-state index in [1.54, 1.807) is 23.1 Å². The van der Waals surface area contributed by atoms with Crippen LogP contribution >= 0.6 is 0 Å². The number of fused-ring (bicyclic) bond motifs is 1. The van der Waals surface area contributed by atoms with Gasteiger partial charge in [-0.2, -0.15) is 9.89 Å². The summed E-state index contributed by atoms with van der Waals surface area (Å²) >= 11 is 0. The smallest absolute Gasteiger partial charge is 0.253 e. The molecule has 0 bridgehead atoms. The first-order valence-electron chi connectivity index (χ1n) is 14.0. The Bertz CT molecular complexity index is 1700. The van der Waals surface area contributed by atoms with Crippen molar-refractivity contribution in [1.82, 2.24) is 15.2 Å². The molecule has 0 aliphatic carbocycles. The summed E-state index contributed by atoms with van der Waals surface area (Å²) in [6, 6.07) is 14.1. The number of para-hydroxylation sites is 1. The summed E-state index contributed by atoms with van der Waals surface area (Å²) in [5.74, 6) is -2.12. The van der Waals surface area contributed by atoms with Crippen molar-refractivity contribution in [3.63, 3.8) is 0 Å². The standard InChI is InChI=1S/C30H31F2N5O4S/c31-21-15-22(32)17-25(16-21)42(39,40)24-10-11-28-20(14-24)18-34-37(28)36-12-5-6-23(36)19-33-30(38)26-7-1-2-8-27(26)35-29-9-3-4-13-41-29/h1-2,7-8,10-11,14-18,23,29,35H,3-6,9,12-13,19H2,(H,33,38). The van der Waals surface area contributed by atoms with Crippen molar-refractivity contribution in [2.45, 2.75) is 54.2 Å². The van der Waals surface area contributed by atoms with Crippen molar-refractivity contribution in [2.24, 2.45) is 0 Å². The molecular formula is C30H31F2N5O4S. The first kappa shape index (κ1) is 28.1. The minimum atomic E-state index is -4.14. The zero-order valence-electron chi connectivity index (χ0n) is 22.8. The Morgan fingerprint density at radius 2 is 1.79 bits per heavy atom. The topological polar surface area (TPSA) is 106 Å². The van der Waals surface area contributed by atoms with Crippen molar-refractivity contribution in [1.29, 1.82) is 0 Å². The predicted octanol–water partition coefficient (Wildman–Crippen LogP) is 4.62. The Kier molecular flexibility index (Phi) is 7.82. The zero-order chi connectivity index (χ0) is 29.3. The summed E-state index contributed by atoms with van der Waals surface area (Å²) in [5, 5.41) is 13.5. The number of amides is 1. The Balaban J connectivity index is 1.17. The van der Waals surface area contributed by atoms with Gasteiger partial charge < -0.3 is 15.4 Å². The van der Waals surface area contributed by atoms with Crippen LogP contribution < -0.4 is 15.6 Å². The van der Waals surface area contributed by atoms with Gasteiger partial charge >= 0.3 is 0 Å². The monoisotopic (exact) mass is 595 g/mol. The van der Waals surface area contributed by atoms with Crippen LogP contribution in [-0.4, -0.2) is 56.2 Å². The van der Waals surface area contributed by atoms with Crippen LogP contribution in [0, 0.1) is 11.6 Å². The summed E-state index contributed by atoms with van der Waals surface area (Å²) in [7, 11) is -4.14. The fourth-order valence-electron chi connectivity index (χ4n) is 5.61. The molecule has 0 radical (unpaired) electrons. The Hall–Kier alpha value is -4.03. The summed E-state index contributed by atoms with van der Waals surface area (Å²) in [6.45, 7) is 1.80. The second-order valence-electron chi connectivity index (χ2n) is 10.6. The molecule has 220 valence electrons. The lowest BCUT2D eigenvalue weighted by Crippen LogP contribution is -2.46. The summed E-state index contributed by atoms with van der Waals surface area (Å²) in [5.41, 5.74) is 1.96. The molecule has 2 aliphatic rings. The zero-order valence-corrected chi connectivity index (χ0v) is 23.6. The minimum Gasteiger partial charge on any atom is -0.359 e. The van der Waals surface area contributed by atoms with Gasteiger partial charge in [-0.1, -0.05) is 12.1 Å². The van der Waals surface area contributed by atoms with Gasteiger partial charge in [-0.25, -0.2) is 17.2 Å². The Morgan fingerprint density at radius 1 is 0.976 bits per heavy atom. The highest BCUT2D eigenvalue weighted by atomic mass is 32.2. The number of sulfone groups is 1. The first-order valence-corrected chi connectivity index (χ1v) is 15.5. The van der Waals surface area contributed by atoms with Crippen LogP contribution in [0.4, 0.5) is 14.5 Å². The quantitative estimate of drug-likeness (QED) is 0.306. The van der Waals surface area contributed by atoms with Crippen LogP contribution in [0.5, 0.6) is 0 Å². The molecule has 2 atom stereocenters. The molecule has 1 amide bonds. The van der Waals surface area contributed by atoms with Crippen LogP contribution in [0.3, 0.4) is 0 Å². The number of halogens is 2. The van der Waals surface area contributed by atoms with Crippen LogP contribution in [0.1, 0.15) is 42.5 Å². The van der Waals surface area contributed by atoms with E-state index < -0.39 is 26.4 Å². The average molecular weight is 596 g/mol. The van der Waals surface area contributed by atoms with Crippen molar-refractivity contribution < 1.29 is 26.7 Å². The summed E-state index contributed by atoms with van der Waals surface area (Å²) in [4.78, 5) is 14.4. The fourth-order valence-corrected chi connectivity index (χ4v) is 6.94. The van der Waals surface area contributed by atoms with Gasteiger partial charge in [0.25, 0.3) is 5.91 Å². The van der Waals surface area contributed by atoms with Crippen molar-refractivity contribution in [3.8, 4) is 0 Å². The van der Waals surface area contributed by atoms with E-state index in [9.17, 15) is 22.0 Å². The van der Waals surface area contributed by atoms with Gasteiger partial charge in [0.05, 0.1) is 33.1 Å². The number of hydrogen-bond acceptors (Lipinski definition) is 7. The van der Waals surface area contributed by atoms with Crippen molar-refractivity contribution in [3.05, 3.63) is 84.1 Å². The third-order valence-electron chi connectivity index (χ3n) is 7.73. The number of benzene rings is 3. The van der Waals surface area contributed by atoms with E-state index in [1.807, 2.05) is 18.2 Å². The molecule has 2 unspecified atom stereocenters. The van der Waals surface area contributed by atoms with Crippen LogP contribution in [0.2, 0.25) is 0 Å². The van der Waals surface area contributed by atoms with E-state index in [0.29, 0.717) is 42.2 Å². The second-order valence-corrected chi connectivity index (χ2v) is 12.5. The van der Waals surface area contributed by atoms with E-state index in [2.05, 4.69) is 20.7 Å². The van der Waals surface area contributed by atoms with Crippen LogP contribution in [0.15, 0.2) is 76.7 Å². The maximum Gasteiger partial charge on any atom is 0.253 e. The largest absolute Gasteiger partial charge is 0.359 e. The molecule has 9 nitrogen and oxygen atoms in total. The molecule has 0 spiro atoms. The van der Waals surface area contributed by atoms with Gasteiger partial charge in [-0.05, 0) is 74.6 Å². The number of nitrogens with one attached hydrogen (secondary N) is 2. The molecule has 12 heteroatoms. The number of anilines is 1. The molecule has 2 fully saturated rings. The molecule has 0 saturated carbocycles. The number of hydrogen-bond donors (Lipinski definition) is 2. The minimum absolute atomic E-state index is 0.0301. The second kappa shape index (κ2) is 11.7. The number of rotatable bonds is 8. The van der Waals surface area contributed by atoms with Gasteiger partial charge in [-0.3, -0.25) is 9.80 Å². The van der Waals surface area contributed by atoms with Crippen LogP contribution in [0.25, 0.3) is 10.9 Å². The summed E-state index contributed by atoms with van der Waals surface area (Å²) in [6.07, 6.45) is 6.20. The average Bonchev–Trinajstić information content (AvgIpc) is 3.62. The normalized spacial score (nSPS) is 19.2. The first-order chi connectivity index (χ1) is 20.3. The SMILES string of the molecule is O=C(NCC1CCCN1n1ncc2cc(S(=O)(=O)c3cc(F)cc(F)c3)ccc21)c1ccccc1NC1CCCCO1. The number of carbonyl (C=O) groups is 1. The number of aromatic nitrogens is 2. The molecule has 2 saturated heterocycles. The third-order valence-corrected chi connectivity index (χ3v) is 9.46. The van der Waals surface area contributed by atoms with E-state index in [0.717, 1.165) is 49.9 Å². The van der Waals surface area contributed by atoms with Gasteiger partial charge in [0, 0.05) is 36.8 Å². The van der Waals surface area contributed by atoms with Gasteiger partial charge in [0.15, 0.2) is 0 Å². The number of nitrogens with zero attached hydrogens (tertiary/aromatic N) is 3.